The average molecular weight is 417 g/mol. The van der Waals surface area contributed by atoms with Gasteiger partial charge in [0.25, 0.3) is 0 Å². The highest BCUT2D eigenvalue weighted by Gasteiger charge is 2.29. The third-order valence-electron chi connectivity index (χ3n) is 6.08. The van der Waals surface area contributed by atoms with Gasteiger partial charge in [0, 0.05) is 42.7 Å². The van der Waals surface area contributed by atoms with E-state index in [1.54, 1.807) is 7.11 Å². The Bertz CT molecular complexity index is 1010. The van der Waals surface area contributed by atoms with Crippen LogP contribution in [0.5, 0.6) is 5.75 Å². The van der Waals surface area contributed by atoms with Crippen molar-refractivity contribution in [3.05, 3.63) is 71.6 Å². The fourth-order valence-corrected chi connectivity index (χ4v) is 4.48. The normalized spacial score (nSPS) is 16.9. The number of pyridine rings is 1. The van der Waals surface area contributed by atoms with Gasteiger partial charge in [-0.1, -0.05) is 25.5 Å². The monoisotopic (exact) mass is 416 g/mol. The van der Waals surface area contributed by atoms with Crippen LogP contribution < -0.4 is 4.74 Å². The summed E-state index contributed by atoms with van der Waals surface area (Å²) < 4.78 is 5.69. The number of piperidine rings is 1. The fourth-order valence-electron chi connectivity index (χ4n) is 4.48. The van der Waals surface area contributed by atoms with E-state index in [9.17, 15) is 0 Å². The lowest BCUT2D eigenvalue weighted by Crippen LogP contribution is -2.34. The van der Waals surface area contributed by atoms with E-state index in [4.69, 9.17) is 9.72 Å². The Morgan fingerprint density at radius 3 is 2.74 bits per heavy atom. The van der Waals surface area contributed by atoms with Crippen LogP contribution in [0.4, 0.5) is 0 Å². The van der Waals surface area contributed by atoms with Gasteiger partial charge in [-0.3, -0.25) is 9.88 Å². The van der Waals surface area contributed by atoms with Crippen molar-refractivity contribution in [1.82, 2.24) is 19.9 Å². The number of aryl methyl sites for hydroxylation is 2. The molecule has 0 amide bonds. The average Bonchev–Trinajstić information content (AvgIpc) is 2.81. The third-order valence-corrected chi connectivity index (χ3v) is 6.08. The van der Waals surface area contributed by atoms with E-state index >= 15 is 0 Å². The topological polar surface area (TPSA) is 51.1 Å². The van der Waals surface area contributed by atoms with Crippen LogP contribution in [0.15, 0.2) is 48.9 Å². The second-order valence-electron chi connectivity index (χ2n) is 8.37. The number of rotatable bonds is 7. The molecule has 1 atom stereocenters. The van der Waals surface area contributed by atoms with Crippen LogP contribution in [0.25, 0.3) is 11.1 Å². The minimum Gasteiger partial charge on any atom is -0.496 e. The Balaban J connectivity index is 1.72. The molecule has 4 rings (SSSR count). The maximum atomic E-state index is 5.69. The van der Waals surface area contributed by atoms with Gasteiger partial charge in [-0.25, -0.2) is 9.97 Å². The summed E-state index contributed by atoms with van der Waals surface area (Å²) >= 11 is 0. The Morgan fingerprint density at radius 2 is 1.97 bits per heavy atom. The molecule has 1 saturated heterocycles. The predicted octanol–water partition coefficient (Wildman–Crippen LogP) is 5.54. The largest absolute Gasteiger partial charge is 0.496 e. The van der Waals surface area contributed by atoms with Crippen LogP contribution >= 0.6 is 0 Å². The highest BCUT2D eigenvalue weighted by molar-refractivity contribution is 5.65. The molecule has 1 aliphatic heterocycles. The van der Waals surface area contributed by atoms with Gasteiger partial charge < -0.3 is 4.74 Å². The van der Waals surface area contributed by atoms with Crippen LogP contribution in [0.3, 0.4) is 0 Å². The van der Waals surface area contributed by atoms with Gasteiger partial charge in [0.15, 0.2) is 0 Å². The molecule has 1 unspecified atom stereocenters. The number of hydrogen-bond donors (Lipinski definition) is 0. The van der Waals surface area contributed by atoms with E-state index in [0.717, 1.165) is 60.7 Å². The number of hydrogen-bond acceptors (Lipinski definition) is 5. The van der Waals surface area contributed by atoms with Crippen LogP contribution in [0.1, 0.15) is 61.3 Å². The lowest BCUT2D eigenvalue weighted by Gasteiger charge is -2.36. The molecule has 31 heavy (non-hydrogen) atoms. The third kappa shape index (κ3) is 4.93. The van der Waals surface area contributed by atoms with Crippen molar-refractivity contribution in [3.8, 4) is 16.9 Å². The van der Waals surface area contributed by atoms with Crippen molar-refractivity contribution in [3.63, 3.8) is 0 Å². The predicted molar refractivity (Wildman–Crippen MR) is 124 cm³/mol. The van der Waals surface area contributed by atoms with E-state index in [-0.39, 0.29) is 6.04 Å². The first-order valence-electron chi connectivity index (χ1n) is 11.3. The fraction of sp³-hybridized carbons (Fsp3) is 0.423. The van der Waals surface area contributed by atoms with E-state index in [1.165, 1.54) is 24.0 Å². The number of nitrogens with zero attached hydrogens (tertiary/aromatic N) is 4. The highest BCUT2D eigenvalue weighted by atomic mass is 16.5. The van der Waals surface area contributed by atoms with Crippen LogP contribution in [-0.4, -0.2) is 33.5 Å². The van der Waals surface area contributed by atoms with Gasteiger partial charge in [0.1, 0.15) is 11.6 Å². The van der Waals surface area contributed by atoms with Crippen LogP contribution in [0.2, 0.25) is 0 Å². The molecular weight excluding hydrogens is 384 g/mol. The van der Waals surface area contributed by atoms with Crippen LogP contribution in [-0.2, 0) is 13.0 Å². The van der Waals surface area contributed by atoms with Gasteiger partial charge in [0.2, 0.25) is 0 Å². The summed E-state index contributed by atoms with van der Waals surface area (Å²) in [4.78, 5) is 16.5. The lowest BCUT2D eigenvalue weighted by molar-refractivity contribution is 0.136. The van der Waals surface area contributed by atoms with E-state index in [0.29, 0.717) is 0 Å². The smallest absolute Gasteiger partial charge is 0.128 e. The molecule has 1 aliphatic rings. The lowest BCUT2D eigenvalue weighted by atomic mass is 9.93. The molecular formula is C26H32N4O. The van der Waals surface area contributed by atoms with Gasteiger partial charge in [-0.05, 0) is 62.1 Å². The molecule has 0 aliphatic carbocycles. The van der Waals surface area contributed by atoms with Crippen molar-refractivity contribution in [2.24, 2.45) is 0 Å². The number of ether oxygens (including phenoxy) is 1. The first-order valence-corrected chi connectivity index (χ1v) is 11.3. The van der Waals surface area contributed by atoms with Gasteiger partial charge in [-0.2, -0.15) is 0 Å². The summed E-state index contributed by atoms with van der Waals surface area (Å²) in [5.74, 6) is 1.90. The first-order chi connectivity index (χ1) is 15.2. The molecule has 1 aromatic carbocycles. The molecule has 0 saturated carbocycles. The SMILES string of the molecule is CCCc1ncc(-c2ccncc2)c(C2CCCCN2Cc2ccc(C)cc2OC)n1. The molecule has 5 nitrogen and oxygen atoms in total. The number of methoxy groups -OCH3 is 1. The number of likely N-dealkylation sites (tertiary alicyclic amines) is 1. The Labute approximate surface area is 185 Å². The summed E-state index contributed by atoms with van der Waals surface area (Å²) in [6.07, 6.45) is 11.2. The van der Waals surface area contributed by atoms with Crippen molar-refractivity contribution in [2.75, 3.05) is 13.7 Å². The van der Waals surface area contributed by atoms with E-state index in [1.807, 2.05) is 18.6 Å². The Kier molecular flexibility index (Phi) is 6.92. The maximum absolute atomic E-state index is 5.69. The van der Waals surface area contributed by atoms with Crippen molar-refractivity contribution in [2.45, 2.75) is 58.5 Å². The molecule has 162 valence electrons. The Morgan fingerprint density at radius 1 is 1.13 bits per heavy atom. The second kappa shape index (κ2) is 10.0. The standard InChI is InChI=1S/C26H32N4O/c1-4-7-25-28-17-22(20-11-13-27-14-12-20)26(29-25)23-8-5-6-15-30(23)18-21-10-9-19(2)16-24(21)31-3/h9-14,16-17,23H,4-8,15,18H2,1-3H3. The highest BCUT2D eigenvalue weighted by Crippen LogP contribution is 2.37. The summed E-state index contributed by atoms with van der Waals surface area (Å²) in [6.45, 7) is 6.20. The molecule has 0 radical (unpaired) electrons. The maximum Gasteiger partial charge on any atom is 0.128 e. The molecule has 3 heterocycles. The molecule has 0 bridgehead atoms. The van der Waals surface area contributed by atoms with Crippen molar-refractivity contribution < 1.29 is 4.74 Å². The summed E-state index contributed by atoms with van der Waals surface area (Å²) in [6, 6.07) is 10.9. The molecule has 0 N–H and O–H groups in total. The molecule has 3 aromatic rings. The van der Waals surface area contributed by atoms with E-state index < -0.39 is 0 Å². The Hall–Kier alpha value is -2.79. The number of aromatic nitrogens is 3. The molecule has 1 fully saturated rings. The molecule has 2 aromatic heterocycles. The van der Waals surface area contributed by atoms with E-state index in [2.05, 4.69) is 59.0 Å². The minimum atomic E-state index is 0.265. The summed E-state index contributed by atoms with van der Waals surface area (Å²) in [5, 5.41) is 0. The second-order valence-corrected chi connectivity index (χ2v) is 8.37. The van der Waals surface area contributed by atoms with Crippen LogP contribution in [0, 0.1) is 6.92 Å². The van der Waals surface area contributed by atoms with Gasteiger partial charge in [0.05, 0.1) is 18.8 Å². The zero-order valence-electron chi connectivity index (χ0n) is 18.8. The van der Waals surface area contributed by atoms with Gasteiger partial charge >= 0.3 is 0 Å². The zero-order valence-corrected chi connectivity index (χ0v) is 18.8. The van der Waals surface area contributed by atoms with Crippen molar-refractivity contribution >= 4 is 0 Å². The van der Waals surface area contributed by atoms with Gasteiger partial charge in [-0.15, -0.1) is 0 Å². The van der Waals surface area contributed by atoms with Crippen molar-refractivity contribution in [1.29, 1.82) is 0 Å². The quantitative estimate of drug-likeness (QED) is 0.506. The zero-order chi connectivity index (χ0) is 21.6. The molecule has 0 spiro atoms. The summed E-state index contributed by atoms with van der Waals surface area (Å²) in [7, 11) is 1.76. The number of benzene rings is 1. The minimum absolute atomic E-state index is 0.265. The molecule has 5 heteroatoms. The summed E-state index contributed by atoms with van der Waals surface area (Å²) in [5.41, 5.74) is 5.85. The first kappa shape index (κ1) is 21.4.